The number of nitrogens with one attached hydrogen (secondary N) is 1. The highest BCUT2D eigenvalue weighted by molar-refractivity contribution is 5.85. The fourth-order valence-corrected chi connectivity index (χ4v) is 0.925. The van der Waals surface area contributed by atoms with Crippen LogP contribution in [0.2, 0.25) is 0 Å². The number of carboxylic acids is 1. The number of carboxylic acid groups (broad SMARTS) is 1. The predicted molar refractivity (Wildman–Crippen MR) is 46.7 cm³/mol. The van der Waals surface area contributed by atoms with E-state index in [1.807, 2.05) is 6.92 Å². The molecule has 1 aliphatic rings. The lowest BCUT2D eigenvalue weighted by Crippen LogP contribution is -2.56. The summed E-state index contributed by atoms with van der Waals surface area (Å²) < 4.78 is 5.18. The molecule has 0 aromatic carbocycles. The summed E-state index contributed by atoms with van der Waals surface area (Å²) in [6.07, 6.45) is 0. The molecule has 2 N–H and O–H groups in total. The molecule has 0 bridgehead atoms. The summed E-state index contributed by atoms with van der Waals surface area (Å²) in [7, 11) is 0. The summed E-state index contributed by atoms with van der Waals surface area (Å²) in [6.45, 7) is 4.38. The molecule has 0 saturated carbocycles. The number of rotatable bonds is 1. The van der Waals surface area contributed by atoms with E-state index in [2.05, 4.69) is 5.32 Å². The number of morpholine rings is 1. The number of hydrogen-bond donors (Lipinski definition) is 2. The van der Waals surface area contributed by atoms with Gasteiger partial charge in [-0.15, -0.1) is 12.4 Å². The Labute approximate surface area is 77.7 Å². The molecule has 1 aliphatic heterocycles. The second-order valence-electron chi connectivity index (χ2n) is 3.13. The van der Waals surface area contributed by atoms with Crippen molar-refractivity contribution in [3.63, 3.8) is 0 Å². The maximum absolute atomic E-state index is 10.6. The molecule has 12 heavy (non-hydrogen) atoms. The van der Waals surface area contributed by atoms with Crippen LogP contribution in [0.4, 0.5) is 0 Å². The fourth-order valence-electron chi connectivity index (χ4n) is 0.925. The molecule has 0 aromatic rings. The fraction of sp³-hybridized carbons (Fsp3) is 0.857. The first-order valence-electron chi connectivity index (χ1n) is 3.65. The van der Waals surface area contributed by atoms with E-state index < -0.39 is 11.6 Å². The first-order chi connectivity index (χ1) is 5.04. The summed E-state index contributed by atoms with van der Waals surface area (Å²) in [4.78, 5) is 10.6. The predicted octanol–water partition coefficient (Wildman–Crippen LogP) is 0.260. The summed E-state index contributed by atoms with van der Waals surface area (Å²) in [6, 6.07) is 0.252. The second-order valence-corrected chi connectivity index (χ2v) is 3.13. The van der Waals surface area contributed by atoms with Crippen molar-refractivity contribution in [2.45, 2.75) is 25.5 Å². The minimum atomic E-state index is -1.04. The standard InChI is InChI=1S/C7H13NO3.ClH/c1-5-3-11-7(2,4-8-5)6(9)10;/h5,8H,3-4H2,1-2H3,(H,9,10);1H/t5-,7-;/m0./s1. The van der Waals surface area contributed by atoms with Crippen molar-refractivity contribution >= 4 is 18.4 Å². The summed E-state index contributed by atoms with van der Waals surface area (Å²) in [5.74, 6) is -0.906. The van der Waals surface area contributed by atoms with Gasteiger partial charge in [0, 0.05) is 12.6 Å². The molecular weight excluding hydrogens is 182 g/mol. The zero-order valence-corrected chi connectivity index (χ0v) is 7.98. The Kier molecular flexibility index (Phi) is 3.96. The molecule has 5 heteroatoms. The zero-order valence-electron chi connectivity index (χ0n) is 7.16. The number of hydrogen-bond acceptors (Lipinski definition) is 3. The van der Waals surface area contributed by atoms with Gasteiger partial charge in [0.25, 0.3) is 0 Å². The number of aliphatic carboxylic acids is 1. The monoisotopic (exact) mass is 195 g/mol. The molecular formula is C7H14ClNO3. The lowest BCUT2D eigenvalue weighted by molar-refractivity contribution is -0.168. The van der Waals surface area contributed by atoms with E-state index in [0.29, 0.717) is 13.2 Å². The molecule has 72 valence electrons. The Morgan fingerprint density at radius 3 is 2.67 bits per heavy atom. The van der Waals surface area contributed by atoms with Gasteiger partial charge in [-0.1, -0.05) is 0 Å². The second kappa shape index (κ2) is 4.07. The van der Waals surface area contributed by atoms with Crippen molar-refractivity contribution in [2.24, 2.45) is 0 Å². The SMILES string of the molecule is C[C@H]1CO[C@](C)(C(=O)O)CN1.Cl. The molecule has 0 unspecified atom stereocenters. The third-order valence-corrected chi connectivity index (χ3v) is 1.89. The van der Waals surface area contributed by atoms with Crippen LogP contribution < -0.4 is 5.32 Å². The Morgan fingerprint density at radius 1 is 1.75 bits per heavy atom. The summed E-state index contributed by atoms with van der Waals surface area (Å²) in [5.41, 5.74) is -1.04. The molecule has 0 aliphatic carbocycles. The van der Waals surface area contributed by atoms with E-state index in [1.54, 1.807) is 6.92 Å². The van der Waals surface area contributed by atoms with Gasteiger partial charge < -0.3 is 15.2 Å². The van der Waals surface area contributed by atoms with Gasteiger partial charge in [0.05, 0.1) is 6.61 Å². The number of halogens is 1. The van der Waals surface area contributed by atoms with Crippen LogP contribution in [0.5, 0.6) is 0 Å². The van der Waals surface area contributed by atoms with E-state index in [4.69, 9.17) is 9.84 Å². The zero-order chi connectivity index (χ0) is 8.48. The smallest absolute Gasteiger partial charge is 0.337 e. The van der Waals surface area contributed by atoms with Gasteiger partial charge in [-0.3, -0.25) is 0 Å². The molecule has 1 heterocycles. The lowest BCUT2D eigenvalue weighted by Gasteiger charge is -2.33. The molecule has 0 aromatic heterocycles. The molecule has 0 amide bonds. The van der Waals surface area contributed by atoms with Gasteiger partial charge in [0.15, 0.2) is 5.60 Å². The van der Waals surface area contributed by atoms with E-state index in [1.165, 1.54) is 0 Å². The Balaban J connectivity index is 0.00000121. The van der Waals surface area contributed by atoms with E-state index in [-0.39, 0.29) is 18.4 Å². The van der Waals surface area contributed by atoms with Crippen molar-refractivity contribution < 1.29 is 14.6 Å². The average molecular weight is 196 g/mol. The minimum absolute atomic E-state index is 0. The average Bonchev–Trinajstić information content (AvgIpc) is 1.95. The van der Waals surface area contributed by atoms with Gasteiger partial charge in [-0.05, 0) is 13.8 Å². The highest BCUT2D eigenvalue weighted by atomic mass is 35.5. The highest BCUT2D eigenvalue weighted by Crippen LogP contribution is 2.14. The Bertz CT molecular complexity index is 166. The van der Waals surface area contributed by atoms with Crippen molar-refractivity contribution in [3.8, 4) is 0 Å². The van der Waals surface area contributed by atoms with Crippen molar-refractivity contribution in [2.75, 3.05) is 13.2 Å². The first-order valence-corrected chi connectivity index (χ1v) is 3.65. The molecule has 1 saturated heterocycles. The van der Waals surface area contributed by atoms with Crippen LogP contribution in [0.25, 0.3) is 0 Å². The Morgan fingerprint density at radius 2 is 2.33 bits per heavy atom. The summed E-state index contributed by atoms with van der Waals surface area (Å²) >= 11 is 0. The molecule has 2 atom stereocenters. The van der Waals surface area contributed by atoms with Crippen LogP contribution in [-0.2, 0) is 9.53 Å². The molecule has 0 spiro atoms. The van der Waals surface area contributed by atoms with Crippen LogP contribution in [0.15, 0.2) is 0 Å². The first kappa shape index (κ1) is 11.7. The summed E-state index contributed by atoms with van der Waals surface area (Å²) in [5, 5.41) is 11.8. The molecule has 1 fully saturated rings. The molecule has 1 rings (SSSR count). The minimum Gasteiger partial charge on any atom is -0.479 e. The van der Waals surface area contributed by atoms with E-state index in [9.17, 15) is 4.79 Å². The Hall–Kier alpha value is -0.320. The van der Waals surface area contributed by atoms with Gasteiger partial charge >= 0.3 is 5.97 Å². The van der Waals surface area contributed by atoms with Gasteiger partial charge in [0.1, 0.15) is 0 Å². The third-order valence-electron chi connectivity index (χ3n) is 1.89. The van der Waals surface area contributed by atoms with Gasteiger partial charge in [-0.25, -0.2) is 4.79 Å². The topological polar surface area (TPSA) is 58.6 Å². The molecule has 4 nitrogen and oxygen atoms in total. The number of ether oxygens (including phenoxy) is 1. The van der Waals surface area contributed by atoms with E-state index >= 15 is 0 Å². The third kappa shape index (κ3) is 2.33. The van der Waals surface area contributed by atoms with Crippen molar-refractivity contribution in [3.05, 3.63) is 0 Å². The maximum atomic E-state index is 10.6. The van der Waals surface area contributed by atoms with Crippen molar-refractivity contribution in [1.29, 1.82) is 0 Å². The van der Waals surface area contributed by atoms with Crippen LogP contribution in [0.1, 0.15) is 13.8 Å². The van der Waals surface area contributed by atoms with Gasteiger partial charge in [0.2, 0.25) is 0 Å². The molecule has 0 radical (unpaired) electrons. The van der Waals surface area contributed by atoms with Crippen LogP contribution in [-0.4, -0.2) is 35.9 Å². The maximum Gasteiger partial charge on any atom is 0.337 e. The highest BCUT2D eigenvalue weighted by Gasteiger charge is 2.37. The van der Waals surface area contributed by atoms with Gasteiger partial charge in [-0.2, -0.15) is 0 Å². The lowest BCUT2D eigenvalue weighted by atomic mass is 10.1. The normalized spacial score (nSPS) is 35.3. The van der Waals surface area contributed by atoms with Crippen molar-refractivity contribution in [1.82, 2.24) is 5.32 Å². The quantitative estimate of drug-likeness (QED) is 0.630. The number of carbonyl (C=O) groups is 1. The van der Waals surface area contributed by atoms with Crippen LogP contribution >= 0.6 is 12.4 Å². The van der Waals surface area contributed by atoms with Crippen LogP contribution in [0, 0.1) is 0 Å². The largest absolute Gasteiger partial charge is 0.479 e. The van der Waals surface area contributed by atoms with E-state index in [0.717, 1.165) is 0 Å². The van der Waals surface area contributed by atoms with Crippen LogP contribution in [0.3, 0.4) is 0 Å².